The third kappa shape index (κ3) is 2.36. The van der Waals surface area contributed by atoms with Crippen LogP contribution in [0.15, 0.2) is 30.9 Å². The van der Waals surface area contributed by atoms with Crippen molar-refractivity contribution in [3.8, 4) is 0 Å². The Balaban J connectivity index is 1.88. The molecule has 0 aliphatic carbocycles. The molecule has 6 heteroatoms. The number of rotatable bonds is 2. The number of hydrogen-bond donors (Lipinski definition) is 0. The van der Waals surface area contributed by atoms with Gasteiger partial charge in [0.05, 0.1) is 41.6 Å². The predicted octanol–water partition coefficient (Wildman–Crippen LogP) is 1.55. The molecule has 3 rings (SSSR count). The maximum absolute atomic E-state index is 12.5. The second kappa shape index (κ2) is 5.32. The second-order valence-electron chi connectivity index (χ2n) is 4.87. The average Bonchev–Trinajstić information content (AvgIpc) is 2.97. The number of likely N-dealkylation sites (tertiary alicyclic amines) is 1. The van der Waals surface area contributed by atoms with Gasteiger partial charge in [-0.15, -0.1) is 0 Å². The molecule has 2 aromatic rings. The highest BCUT2D eigenvalue weighted by Crippen LogP contribution is 2.31. The molecule has 1 amide bonds. The summed E-state index contributed by atoms with van der Waals surface area (Å²) in [6.07, 6.45) is 8.39. The van der Waals surface area contributed by atoms with E-state index in [1.165, 1.54) is 12.4 Å². The van der Waals surface area contributed by atoms with Crippen LogP contribution in [0.3, 0.4) is 0 Å². The molecule has 102 valence electrons. The topological polar surface area (TPSA) is 71.9 Å². The zero-order chi connectivity index (χ0) is 13.9. The van der Waals surface area contributed by atoms with Crippen molar-refractivity contribution in [1.82, 2.24) is 25.1 Å². The molecule has 1 atom stereocenters. The van der Waals surface area contributed by atoms with E-state index in [-0.39, 0.29) is 11.9 Å². The van der Waals surface area contributed by atoms with Gasteiger partial charge in [0.2, 0.25) is 0 Å². The fraction of sp³-hybridized carbons (Fsp3) is 0.357. The molecule has 0 spiro atoms. The minimum absolute atomic E-state index is 0.00284. The smallest absolute Gasteiger partial charge is 0.256 e. The van der Waals surface area contributed by atoms with Crippen LogP contribution in [0.4, 0.5) is 0 Å². The summed E-state index contributed by atoms with van der Waals surface area (Å²) in [5, 5.41) is 7.46. The Bertz CT molecular complexity index is 616. The van der Waals surface area contributed by atoms with Gasteiger partial charge in [-0.05, 0) is 25.8 Å². The van der Waals surface area contributed by atoms with Crippen molar-refractivity contribution in [2.75, 3.05) is 6.54 Å². The van der Waals surface area contributed by atoms with Crippen LogP contribution < -0.4 is 0 Å². The van der Waals surface area contributed by atoms with Crippen molar-refractivity contribution in [3.05, 3.63) is 47.8 Å². The lowest BCUT2D eigenvalue weighted by Gasteiger charge is -2.24. The molecule has 0 N–H and O–H groups in total. The van der Waals surface area contributed by atoms with Crippen LogP contribution in [0.5, 0.6) is 0 Å². The van der Waals surface area contributed by atoms with Crippen molar-refractivity contribution in [3.63, 3.8) is 0 Å². The van der Waals surface area contributed by atoms with Gasteiger partial charge in [0.25, 0.3) is 5.91 Å². The van der Waals surface area contributed by atoms with E-state index in [4.69, 9.17) is 0 Å². The molecule has 0 radical (unpaired) electrons. The summed E-state index contributed by atoms with van der Waals surface area (Å²) in [7, 11) is 0. The molecule has 1 fully saturated rings. The number of hydrogen-bond acceptors (Lipinski definition) is 5. The van der Waals surface area contributed by atoms with Gasteiger partial charge in [-0.25, -0.2) is 0 Å². The molecule has 6 nitrogen and oxygen atoms in total. The van der Waals surface area contributed by atoms with Gasteiger partial charge in [0.1, 0.15) is 0 Å². The molecular formula is C14H15N5O. The van der Waals surface area contributed by atoms with Gasteiger partial charge in [0.15, 0.2) is 0 Å². The van der Waals surface area contributed by atoms with Gasteiger partial charge in [0, 0.05) is 12.7 Å². The molecule has 1 saturated heterocycles. The van der Waals surface area contributed by atoms with Crippen molar-refractivity contribution in [1.29, 1.82) is 0 Å². The van der Waals surface area contributed by atoms with Gasteiger partial charge >= 0.3 is 0 Å². The summed E-state index contributed by atoms with van der Waals surface area (Å²) < 4.78 is 0. The number of carbonyl (C=O) groups excluding carboxylic acids is 1. The zero-order valence-corrected chi connectivity index (χ0v) is 11.2. The molecule has 3 heterocycles. The Morgan fingerprint density at radius 3 is 2.95 bits per heavy atom. The first-order valence-corrected chi connectivity index (χ1v) is 6.62. The Kier molecular flexibility index (Phi) is 3.37. The molecule has 1 aliphatic heterocycles. The SMILES string of the molecule is Cc1cncc([C@H]2CCCN2C(=O)c2ccnnc2)n1. The maximum atomic E-state index is 12.5. The Hall–Kier alpha value is -2.37. The highest BCUT2D eigenvalue weighted by Gasteiger charge is 2.31. The lowest BCUT2D eigenvalue weighted by atomic mass is 10.1. The van der Waals surface area contributed by atoms with Crippen LogP contribution in [-0.4, -0.2) is 37.5 Å². The number of amides is 1. The summed E-state index contributed by atoms with van der Waals surface area (Å²) in [5.41, 5.74) is 2.29. The largest absolute Gasteiger partial charge is 0.330 e. The fourth-order valence-corrected chi connectivity index (χ4v) is 2.54. The fourth-order valence-electron chi connectivity index (χ4n) is 2.54. The number of nitrogens with zero attached hydrogens (tertiary/aromatic N) is 5. The minimum atomic E-state index is -0.0225. The molecule has 20 heavy (non-hydrogen) atoms. The van der Waals surface area contributed by atoms with E-state index < -0.39 is 0 Å². The normalized spacial score (nSPS) is 18.2. The molecule has 0 unspecified atom stereocenters. The maximum Gasteiger partial charge on any atom is 0.256 e. The van der Waals surface area contributed by atoms with Crippen LogP contribution in [-0.2, 0) is 0 Å². The third-order valence-electron chi connectivity index (χ3n) is 3.46. The van der Waals surface area contributed by atoms with E-state index in [2.05, 4.69) is 20.2 Å². The molecule has 0 aromatic carbocycles. The lowest BCUT2D eigenvalue weighted by molar-refractivity contribution is 0.0732. The predicted molar refractivity (Wildman–Crippen MR) is 71.8 cm³/mol. The minimum Gasteiger partial charge on any atom is -0.330 e. The lowest BCUT2D eigenvalue weighted by Crippen LogP contribution is -2.31. The van der Waals surface area contributed by atoms with E-state index in [9.17, 15) is 4.79 Å². The second-order valence-corrected chi connectivity index (χ2v) is 4.87. The van der Waals surface area contributed by atoms with Gasteiger partial charge in [-0.2, -0.15) is 10.2 Å². The first-order chi connectivity index (χ1) is 9.75. The van der Waals surface area contributed by atoms with E-state index in [1.54, 1.807) is 18.5 Å². The molecule has 1 aliphatic rings. The van der Waals surface area contributed by atoms with Crippen LogP contribution in [0.25, 0.3) is 0 Å². The first kappa shape index (κ1) is 12.7. The van der Waals surface area contributed by atoms with Crippen molar-refractivity contribution >= 4 is 5.91 Å². The van der Waals surface area contributed by atoms with Gasteiger partial charge in [-0.3, -0.25) is 14.8 Å². The summed E-state index contributed by atoms with van der Waals surface area (Å²) >= 11 is 0. The summed E-state index contributed by atoms with van der Waals surface area (Å²) in [5.74, 6) is -0.0225. The molecular weight excluding hydrogens is 254 g/mol. The quantitative estimate of drug-likeness (QED) is 0.827. The van der Waals surface area contributed by atoms with E-state index in [0.717, 1.165) is 30.8 Å². The Morgan fingerprint density at radius 2 is 2.20 bits per heavy atom. The Morgan fingerprint density at radius 1 is 1.30 bits per heavy atom. The average molecular weight is 269 g/mol. The van der Waals surface area contributed by atoms with E-state index in [0.29, 0.717) is 5.56 Å². The zero-order valence-electron chi connectivity index (χ0n) is 11.2. The highest BCUT2D eigenvalue weighted by atomic mass is 16.2. The van der Waals surface area contributed by atoms with Gasteiger partial charge in [-0.1, -0.05) is 0 Å². The van der Waals surface area contributed by atoms with Crippen LogP contribution in [0.1, 0.15) is 40.6 Å². The molecule has 2 aromatic heterocycles. The summed E-state index contributed by atoms with van der Waals surface area (Å²) in [6, 6.07) is 1.69. The monoisotopic (exact) mass is 269 g/mol. The van der Waals surface area contributed by atoms with Gasteiger partial charge < -0.3 is 4.90 Å². The summed E-state index contributed by atoms with van der Waals surface area (Å²) in [6.45, 7) is 2.64. The van der Waals surface area contributed by atoms with E-state index >= 15 is 0 Å². The number of carbonyl (C=O) groups is 1. The Labute approximate surface area is 116 Å². The van der Waals surface area contributed by atoms with E-state index in [1.807, 2.05) is 11.8 Å². The number of aryl methyl sites for hydroxylation is 1. The standard InChI is InChI=1S/C14H15N5O/c1-10-7-15-9-12(18-10)13-3-2-6-19(13)14(20)11-4-5-16-17-8-11/h4-5,7-9,13H,2-3,6H2,1H3/t13-/m1/s1. The summed E-state index contributed by atoms with van der Waals surface area (Å²) in [4.78, 5) is 23.0. The molecule has 0 bridgehead atoms. The number of aromatic nitrogens is 4. The van der Waals surface area contributed by atoms with Crippen molar-refractivity contribution < 1.29 is 4.79 Å². The van der Waals surface area contributed by atoms with Crippen LogP contribution in [0, 0.1) is 6.92 Å². The third-order valence-corrected chi connectivity index (χ3v) is 3.46. The first-order valence-electron chi connectivity index (χ1n) is 6.62. The van der Waals surface area contributed by atoms with Crippen molar-refractivity contribution in [2.45, 2.75) is 25.8 Å². The van der Waals surface area contributed by atoms with Crippen molar-refractivity contribution in [2.24, 2.45) is 0 Å². The van der Waals surface area contributed by atoms with Crippen LogP contribution in [0.2, 0.25) is 0 Å². The highest BCUT2D eigenvalue weighted by molar-refractivity contribution is 5.94. The molecule has 0 saturated carbocycles. The van der Waals surface area contributed by atoms with Crippen LogP contribution >= 0.6 is 0 Å².